The summed E-state index contributed by atoms with van der Waals surface area (Å²) in [5, 5.41) is 2.47. The van der Waals surface area contributed by atoms with Gasteiger partial charge in [0.25, 0.3) is 0 Å². The Morgan fingerprint density at radius 3 is 2.73 bits per heavy atom. The first-order chi connectivity index (χ1) is 7.04. The van der Waals surface area contributed by atoms with Crippen LogP contribution in [0.3, 0.4) is 0 Å². The van der Waals surface area contributed by atoms with E-state index in [2.05, 4.69) is 5.32 Å². The van der Waals surface area contributed by atoms with Gasteiger partial charge in [-0.2, -0.15) is 0 Å². The van der Waals surface area contributed by atoms with E-state index in [9.17, 15) is 9.18 Å². The Hall–Kier alpha value is -1.62. The number of nitrogens with two attached hydrogens (primary N) is 1. The molecule has 0 unspecified atom stereocenters. The third-order valence-electron chi connectivity index (χ3n) is 1.83. The second-order valence-electron chi connectivity index (χ2n) is 3.13. The summed E-state index contributed by atoms with van der Waals surface area (Å²) in [4.78, 5) is 11.2. The van der Waals surface area contributed by atoms with Crippen LogP contribution in [-0.4, -0.2) is 19.1 Å². The van der Waals surface area contributed by atoms with Gasteiger partial charge >= 0.3 is 0 Å². The Morgan fingerprint density at radius 2 is 2.27 bits per heavy atom. The quantitative estimate of drug-likeness (QED) is 0.789. The predicted octanol–water partition coefficient (Wildman–Crippen LogP) is 1.12. The lowest BCUT2D eigenvalue weighted by atomic mass is 10.2. The molecule has 0 radical (unpaired) electrons. The number of ether oxygens (including phenoxy) is 1. The largest absolute Gasteiger partial charge is 0.494 e. The molecule has 0 fully saturated rings. The summed E-state index contributed by atoms with van der Waals surface area (Å²) in [6.07, 6.45) is 0. The molecule has 15 heavy (non-hydrogen) atoms. The summed E-state index contributed by atoms with van der Waals surface area (Å²) < 4.78 is 17.9. The fourth-order valence-electron chi connectivity index (χ4n) is 1.00. The van der Waals surface area contributed by atoms with Crippen molar-refractivity contribution in [3.63, 3.8) is 0 Å². The molecule has 1 aromatic carbocycles. The van der Waals surface area contributed by atoms with Crippen molar-refractivity contribution in [2.75, 3.05) is 12.4 Å². The van der Waals surface area contributed by atoms with E-state index >= 15 is 0 Å². The first kappa shape index (κ1) is 11.5. The minimum absolute atomic E-state index is 0.133. The fourth-order valence-corrected chi connectivity index (χ4v) is 1.00. The van der Waals surface area contributed by atoms with Gasteiger partial charge < -0.3 is 15.8 Å². The third-order valence-corrected chi connectivity index (χ3v) is 1.83. The number of amides is 1. The lowest BCUT2D eigenvalue weighted by molar-refractivity contribution is -0.117. The molecule has 3 N–H and O–H groups in total. The molecule has 1 amide bonds. The highest BCUT2D eigenvalue weighted by atomic mass is 19.1. The molecule has 5 heteroatoms. The van der Waals surface area contributed by atoms with E-state index in [-0.39, 0.29) is 11.7 Å². The van der Waals surface area contributed by atoms with Gasteiger partial charge in [0, 0.05) is 11.8 Å². The van der Waals surface area contributed by atoms with Gasteiger partial charge in [0.2, 0.25) is 5.91 Å². The first-order valence-corrected chi connectivity index (χ1v) is 4.44. The van der Waals surface area contributed by atoms with Crippen LogP contribution in [0.2, 0.25) is 0 Å². The van der Waals surface area contributed by atoms with Gasteiger partial charge in [-0.05, 0) is 19.1 Å². The van der Waals surface area contributed by atoms with E-state index in [1.807, 2.05) is 0 Å². The number of nitrogens with one attached hydrogen (secondary N) is 1. The van der Waals surface area contributed by atoms with Crippen molar-refractivity contribution in [3.8, 4) is 5.75 Å². The van der Waals surface area contributed by atoms with Crippen LogP contribution in [0, 0.1) is 5.82 Å². The molecule has 0 heterocycles. The minimum Gasteiger partial charge on any atom is -0.494 e. The monoisotopic (exact) mass is 212 g/mol. The molecule has 0 aliphatic carbocycles. The van der Waals surface area contributed by atoms with Crippen LogP contribution in [0.25, 0.3) is 0 Å². The zero-order valence-electron chi connectivity index (χ0n) is 8.58. The molecule has 4 nitrogen and oxygen atoms in total. The molecular weight excluding hydrogens is 199 g/mol. The average Bonchev–Trinajstić information content (AvgIpc) is 2.18. The minimum atomic E-state index is -0.629. The number of rotatable bonds is 3. The number of methoxy groups -OCH3 is 1. The van der Waals surface area contributed by atoms with E-state index in [1.165, 1.54) is 19.2 Å². The Kier molecular flexibility index (Phi) is 3.62. The highest BCUT2D eigenvalue weighted by Crippen LogP contribution is 2.20. The number of carbonyl (C=O) groups is 1. The second kappa shape index (κ2) is 4.75. The summed E-state index contributed by atoms with van der Waals surface area (Å²) in [5.74, 6) is -0.756. The van der Waals surface area contributed by atoms with E-state index in [0.717, 1.165) is 0 Å². The first-order valence-electron chi connectivity index (χ1n) is 4.44. The van der Waals surface area contributed by atoms with E-state index in [4.69, 9.17) is 10.5 Å². The van der Waals surface area contributed by atoms with Crippen molar-refractivity contribution in [2.45, 2.75) is 13.0 Å². The van der Waals surface area contributed by atoms with Crippen molar-refractivity contribution in [2.24, 2.45) is 5.73 Å². The molecule has 0 spiro atoms. The number of carbonyl (C=O) groups excluding carboxylic acids is 1. The molecule has 0 bridgehead atoms. The van der Waals surface area contributed by atoms with E-state index in [0.29, 0.717) is 5.69 Å². The van der Waals surface area contributed by atoms with Gasteiger partial charge in [-0.25, -0.2) is 4.39 Å². The Balaban J connectivity index is 2.80. The van der Waals surface area contributed by atoms with Gasteiger partial charge in [-0.3, -0.25) is 4.79 Å². The zero-order valence-corrected chi connectivity index (χ0v) is 8.58. The maximum atomic E-state index is 13.2. The summed E-state index contributed by atoms with van der Waals surface area (Å²) >= 11 is 0. The van der Waals surface area contributed by atoms with Crippen LogP contribution in [0.15, 0.2) is 18.2 Å². The van der Waals surface area contributed by atoms with Crippen molar-refractivity contribution < 1.29 is 13.9 Å². The molecule has 0 saturated heterocycles. The summed E-state index contributed by atoms with van der Waals surface area (Å²) in [5.41, 5.74) is 5.70. The van der Waals surface area contributed by atoms with Crippen LogP contribution < -0.4 is 15.8 Å². The Bertz CT molecular complexity index is 366. The van der Waals surface area contributed by atoms with Crippen molar-refractivity contribution in [1.82, 2.24) is 0 Å². The van der Waals surface area contributed by atoms with Crippen molar-refractivity contribution in [3.05, 3.63) is 24.0 Å². The van der Waals surface area contributed by atoms with Gasteiger partial charge in [-0.15, -0.1) is 0 Å². The summed E-state index contributed by atoms with van der Waals surface area (Å²) in [6.45, 7) is 1.55. The molecule has 1 atom stereocenters. The standard InChI is InChI=1S/C10H13FN2O2/c1-6(12)10(14)13-7-3-4-9(15-2)8(11)5-7/h3-6H,12H2,1-2H3,(H,13,14)/t6-/m0/s1. The smallest absolute Gasteiger partial charge is 0.241 e. The molecule has 0 saturated carbocycles. The van der Waals surface area contributed by atoms with E-state index in [1.54, 1.807) is 13.0 Å². The Labute approximate surface area is 87.2 Å². The van der Waals surface area contributed by atoms with Gasteiger partial charge in [-0.1, -0.05) is 0 Å². The highest BCUT2D eigenvalue weighted by Gasteiger charge is 2.09. The van der Waals surface area contributed by atoms with Crippen molar-refractivity contribution in [1.29, 1.82) is 0 Å². The predicted molar refractivity (Wildman–Crippen MR) is 55.2 cm³/mol. The van der Waals surface area contributed by atoms with Gasteiger partial charge in [0.15, 0.2) is 11.6 Å². The SMILES string of the molecule is COc1ccc(NC(=O)[C@H](C)N)cc1F. The topological polar surface area (TPSA) is 64.3 Å². The average molecular weight is 212 g/mol. The van der Waals surface area contributed by atoms with Crippen LogP contribution in [0.1, 0.15) is 6.92 Å². The lowest BCUT2D eigenvalue weighted by Gasteiger charge is -2.08. The zero-order chi connectivity index (χ0) is 11.4. The number of benzene rings is 1. The van der Waals surface area contributed by atoms with Crippen LogP contribution >= 0.6 is 0 Å². The van der Waals surface area contributed by atoms with Crippen LogP contribution in [0.5, 0.6) is 5.75 Å². The van der Waals surface area contributed by atoms with Gasteiger partial charge in [0.1, 0.15) is 0 Å². The fraction of sp³-hybridized carbons (Fsp3) is 0.300. The maximum absolute atomic E-state index is 13.2. The van der Waals surface area contributed by atoms with Crippen molar-refractivity contribution >= 4 is 11.6 Å². The van der Waals surface area contributed by atoms with Crippen LogP contribution in [-0.2, 0) is 4.79 Å². The molecule has 0 aliphatic rings. The number of hydrogen-bond acceptors (Lipinski definition) is 3. The number of halogens is 1. The molecule has 0 aromatic heterocycles. The summed E-state index contributed by atoms with van der Waals surface area (Å²) in [6, 6.07) is 3.53. The highest BCUT2D eigenvalue weighted by molar-refractivity contribution is 5.94. The number of hydrogen-bond donors (Lipinski definition) is 2. The third kappa shape index (κ3) is 2.92. The second-order valence-corrected chi connectivity index (χ2v) is 3.13. The molecule has 1 rings (SSSR count). The van der Waals surface area contributed by atoms with Crippen LogP contribution in [0.4, 0.5) is 10.1 Å². The summed E-state index contributed by atoms with van der Waals surface area (Å²) in [7, 11) is 1.37. The normalized spacial score (nSPS) is 12.0. The maximum Gasteiger partial charge on any atom is 0.241 e. The number of anilines is 1. The molecule has 1 aromatic rings. The van der Waals surface area contributed by atoms with E-state index < -0.39 is 11.9 Å². The molecule has 0 aliphatic heterocycles. The molecular formula is C10H13FN2O2. The Morgan fingerprint density at radius 1 is 1.60 bits per heavy atom. The lowest BCUT2D eigenvalue weighted by Crippen LogP contribution is -2.32. The van der Waals surface area contributed by atoms with Gasteiger partial charge in [0.05, 0.1) is 13.2 Å². The molecule has 82 valence electrons.